The Kier molecular flexibility index (Phi) is 4.09. The maximum absolute atomic E-state index is 11.8. The molecule has 0 aromatic heterocycles. The normalized spacial score (nSPS) is 29.6. The van der Waals surface area contributed by atoms with Gasteiger partial charge in [0.2, 0.25) is 11.8 Å². The third kappa shape index (κ3) is 3.18. The fourth-order valence-electron chi connectivity index (χ4n) is 2.25. The lowest BCUT2D eigenvalue weighted by Gasteiger charge is -2.17. The van der Waals surface area contributed by atoms with E-state index in [1.54, 1.807) is 0 Å². The van der Waals surface area contributed by atoms with Gasteiger partial charge in [-0.1, -0.05) is 6.92 Å². The fourth-order valence-corrected chi connectivity index (χ4v) is 2.25. The number of hydrogen-bond donors (Lipinski definition) is 3. The molecule has 1 aliphatic rings. The van der Waals surface area contributed by atoms with Gasteiger partial charge >= 0.3 is 5.97 Å². The van der Waals surface area contributed by atoms with Gasteiger partial charge in [0.1, 0.15) is 6.04 Å². The van der Waals surface area contributed by atoms with E-state index in [0.29, 0.717) is 12.8 Å². The standard InChI is InChI=1S/C11H18N2O4/c1-5-3-7(8(4-5)11(16)17)10(15)13-6(2)9(12)14/h5-8H,3-4H2,1-2H3,(H2,12,14)(H,13,15)(H,16,17). The molecule has 17 heavy (non-hydrogen) atoms. The smallest absolute Gasteiger partial charge is 0.307 e. The van der Waals surface area contributed by atoms with Gasteiger partial charge in [0.15, 0.2) is 0 Å². The molecule has 1 fully saturated rings. The van der Waals surface area contributed by atoms with E-state index in [1.165, 1.54) is 6.92 Å². The number of aliphatic carboxylic acids is 1. The molecular formula is C11H18N2O4. The van der Waals surface area contributed by atoms with E-state index in [9.17, 15) is 14.4 Å². The van der Waals surface area contributed by atoms with E-state index in [-0.39, 0.29) is 5.92 Å². The number of carbonyl (C=O) groups is 3. The Labute approximate surface area is 99.6 Å². The van der Waals surface area contributed by atoms with Crippen molar-refractivity contribution in [3.05, 3.63) is 0 Å². The number of amides is 2. The zero-order valence-corrected chi connectivity index (χ0v) is 9.97. The van der Waals surface area contributed by atoms with Gasteiger partial charge in [-0.3, -0.25) is 14.4 Å². The molecule has 96 valence electrons. The summed E-state index contributed by atoms with van der Waals surface area (Å²) in [5, 5.41) is 11.5. The Morgan fingerprint density at radius 2 is 1.82 bits per heavy atom. The molecule has 0 bridgehead atoms. The quantitative estimate of drug-likeness (QED) is 0.630. The average Bonchev–Trinajstić information content (AvgIpc) is 2.60. The van der Waals surface area contributed by atoms with Crippen molar-refractivity contribution in [1.82, 2.24) is 5.32 Å². The highest BCUT2D eigenvalue weighted by Gasteiger charge is 2.41. The van der Waals surface area contributed by atoms with E-state index in [1.807, 2.05) is 6.92 Å². The van der Waals surface area contributed by atoms with E-state index in [0.717, 1.165) is 0 Å². The van der Waals surface area contributed by atoms with E-state index in [4.69, 9.17) is 10.8 Å². The van der Waals surface area contributed by atoms with Crippen LogP contribution in [0.15, 0.2) is 0 Å². The third-order valence-corrected chi connectivity index (χ3v) is 3.24. The minimum atomic E-state index is -0.957. The molecule has 1 aliphatic carbocycles. The second kappa shape index (κ2) is 5.16. The van der Waals surface area contributed by atoms with Crippen molar-refractivity contribution < 1.29 is 19.5 Å². The summed E-state index contributed by atoms with van der Waals surface area (Å²) in [5.41, 5.74) is 5.03. The van der Waals surface area contributed by atoms with Crippen LogP contribution in [0.4, 0.5) is 0 Å². The topological polar surface area (TPSA) is 109 Å². The number of carboxylic acids is 1. The van der Waals surface area contributed by atoms with Crippen LogP contribution in [0.3, 0.4) is 0 Å². The largest absolute Gasteiger partial charge is 0.481 e. The molecule has 4 N–H and O–H groups in total. The van der Waals surface area contributed by atoms with Crippen molar-refractivity contribution in [2.24, 2.45) is 23.5 Å². The summed E-state index contributed by atoms with van der Waals surface area (Å²) >= 11 is 0. The number of rotatable bonds is 4. The highest BCUT2D eigenvalue weighted by molar-refractivity contribution is 5.89. The summed E-state index contributed by atoms with van der Waals surface area (Å²) in [6, 6.07) is -0.771. The van der Waals surface area contributed by atoms with Crippen molar-refractivity contribution in [3.63, 3.8) is 0 Å². The second-order valence-electron chi connectivity index (χ2n) is 4.76. The molecule has 2 amide bonds. The minimum absolute atomic E-state index is 0.204. The first-order valence-corrected chi connectivity index (χ1v) is 5.65. The summed E-state index contributed by atoms with van der Waals surface area (Å²) in [5.74, 6) is -3.00. The van der Waals surface area contributed by atoms with Crippen LogP contribution in [0.25, 0.3) is 0 Å². The molecule has 0 spiro atoms. The average molecular weight is 242 g/mol. The SMILES string of the molecule is CC1CC(C(=O)O)C(C(=O)NC(C)C(N)=O)C1. The molecule has 0 saturated heterocycles. The van der Waals surface area contributed by atoms with Crippen LogP contribution < -0.4 is 11.1 Å². The van der Waals surface area contributed by atoms with E-state index in [2.05, 4.69) is 5.32 Å². The lowest BCUT2D eigenvalue weighted by molar-refractivity contribution is -0.146. The van der Waals surface area contributed by atoms with Crippen LogP contribution in [0.5, 0.6) is 0 Å². The molecule has 0 aromatic carbocycles. The molecule has 4 unspecified atom stereocenters. The first-order valence-electron chi connectivity index (χ1n) is 5.65. The number of hydrogen-bond acceptors (Lipinski definition) is 3. The molecule has 0 heterocycles. The van der Waals surface area contributed by atoms with Gasteiger partial charge < -0.3 is 16.2 Å². The summed E-state index contributed by atoms with van der Waals surface area (Å²) in [7, 11) is 0. The number of nitrogens with two attached hydrogens (primary N) is 1. The maximum atomic E-state index is 11.8. The molecule has 0 aliphatic heterocycles. The Balaban J connectivity index is 2.67. The molecule has 6 heteroatoms. The van der Waals surface area contributed by atoms with Crippen molar-refractivity contribution in [1.29, 1.82) is 0 Å². The Morgan fingerprint density at radius 1 is 1.29 bits per heavy atom. The summed E-state index contributed by atoms with van der Waals surface area (Å²) in [4.78, 5) is 33.7. The Hall–Kier alpha value is -1.59. The molecule has 0 radical (unpaired) electrons. The first-order chi connectivity index (χ1) is 7.82. The van der Waals surface area contributed by atoms with Crippen LogP contribution in [0.1, 0.15) is 26.7 Å². The minimum Gasteiger partial charge on any atom is -0.481 e. The van der Waals surface area contributed by atoms with Crippen molar-refractivity contribution >= 4 is 17.8 Å². The fraction of sp³-hybridized carbons (Fsp3) is 0.727. The lowest BCUT2D eigenvalue weighted by Crippen LogP contribution is -2.46. The molecule has 1 saturated carbocycles. The van der Waals surface area contributed by atoms with Crippen molar-refractivity contribution in [3.8, 4) is 0 Å². The Morgan fingerprint density at radius 3 is 2.29 bits per heavy atom. The molecule has 6 nitrogen and oxygen atoms in total. The van der Waals surface area contributed by atoms with Crippen LogP contribution in [-0.2, 0) is 14.4 Å². The van der Waals surface area contributed by atoms with Gasteiger partial charge in [-0.2, -0.15) is 0 Å². The number of nitrogens with one attached hydrogen (secondary N) is 1. The van der Waals surface area contributed by atoms with Crippen LogP contribution in [0, 0.1) is 17.8 Å². The van der Waals surface area contributed by atoms with E-state index < -0.39 is 35.7 Å². The monoisotopic (exact) mass is 242 g/mol. The van der Waals surface area contributed by atoms with Gasteiger partial charge in [-0.05, 0) is 25.7 Å². The van der Waals surface area contributed by atoms with Crippen LogP contribution in [0.2, 0.25) is 0 Å². The van der Waals surface area contributed by atoms with E-state index >= 15 is 0 Å². The zero-order chi connectivity index (χ0) is 13.2. The number of carbonyl (C=O) groups excluding carboxylic acids is 2. The van der Waals surface area contributed by atoms with Gasteiger partial charge in [0, 0.05) is 0 Å². The highest BCUT2D eigenvalue weighted by Crippen LogP contribution is 2.36. The number of primary amides is 1. The lowest BCUT2D eigenvalue weighted by atomic mass is 9.95. The summed E-state index contributed by atoms with van der Waals surface area (Å²) in [6.07, 6.45) is 1.03. The predicted molar refractivity (Wildman–Crippen MR) is 59.8 cm³/mol. The Bertz CT molecular complexity index is 342. The van der Waals surface area contributed by atoms with Gasteiger partial charge in [0.25, 0.3) is 0 Å². The zero-order valence-electron chi connectivity index (χ0n) is 9.97. The number of carboxylic acid groups (broad SMARTS) is 1. The van der Waals surface area contributed by atoms with Crippen molar-refractivity contribution in [2.75, 3.05) is 0 Å². The third-order valence-electron chi connectivity index (χ3n) is 3.24. The maximum Gasteiger partial charge on any atom is 0.307 e. The van der Waals surface area contributed by atoms with Gasteiger partial charge in [-0.25, -0.2) is 0 Å². The van der Waals surface area contributed by atoms with Crippen molar-refractivity contribution in [2.45, 2.75) is 32.7 Å². The molecule has 0 aromatic rings. The second-order valence-corrected chi connectivity index (χ2v) is 4.76. The highest BCUT2D eigenvalue weighted by atomic mass is 16.4. The van der Waals surface area contributed by atoms with Crippen LogP contribution >= 0.6 is 0 Å². The van der Waals surface area contributed by atoms with Gasteiger partial charge in [0.05, 0.1) is 11.8 Å². The molecule has 1 rings (SSSR count). The van der Waals surface area contributed by atoms with Gasteiger partial charge in [-0.15, -0.1) is 0 Å². The first kappa shape index (κ1) is 13.5. The molecule has 4 atom stereocenters. The predicted octanol–water partition coefficient (Wildman–Crippen LogP) is -0.277. The summed E-state index contributed by atoms with van der Waals surface area (Å²) in [6.45, 7) is 3.40. The summed E-state index contributed by atoms with van der Waals surface area (Å²) < 4.78 is 0. The van der Waals surface area contributed by atoms with Crippen LogP contribution in [-0.4, -0.2) is 28.9 Å². The molecular weight excluding hydrogens is 224 g/mol.